The quantitative estimate of drug-likeness (QED) is 0.524. The Balaban J connectivity index is 1.60. The summed E-state index contributed by atoms with van der Waals surface area (Å²) in [5.41, 5.74) is 1.99. The number of benzene rings is 2. The smallest absolute Gasteiger partial charge is 0.237 e. The van der Waals surface area contributed by atoms with Crippen LogP contribution in [0.4, 0.5) is 5.69 Å². The predicted molar refractivity (Wildman–Crippen MR) is 102 cm³/mol. The maximum absolute atomic E-state index is 12.9. The van der Waals surface area contributed by atoms with Crippen LogP contribution in [0, 0.1) is 15.4 Å². The van der Waals surface area contributed by atoms with Crippen LogP contribution in [0.3, 0.4) is 0 Å². The molecule has 3 unspecified atom stereocenters. The number of hydrogen-bond donors (Lipinski definition) is 0. The van der Waals surface area contributed by atoms with Gasteiger partial charge >= 0.3 is 0 Å². The molecule has 1 saturated heterocycles. The average Bonchev–Trinajstić information content (AvgIpc) is 2.87. The molecule has 1 aliphatic heterocycles. The summed E-state index contributed by atoms with van der Waals surface area (Å²) in [7, 11) is 0. The molecule has 2 amide bonds. The van der Waals surface area contributed by atoms with Crippen molar-refractivity contribution in [3.63, 3.8) is 0 Å². The van der Waals surface area contributed by atoms with Crippen molar-refractivity contribution in [3.8, 4) is 0 Å². The van der Waals surface area contributed by atoms with Crippen LogP contribution < -0.4 is 4.90 Å². The summed E-state index contributed by atoms with van der Waals surface area (Å²) in [5, 5.41) is 0. The summed E-state index contributed by atoms with van der Waals surface area (Å²) in [6.45, 7) is 0. The van der Waals surface area contributed by atoms with Crippen molar-refractivity contribution in [3.05, 3.63) is 63.7 Å². The molecule has 1 aliphatic carbocycles. The van der Waals surface area contributed by atoms with Crippen molar-refractivity contribution in [1.82, 2.24) is 0 Å². The minimum atomic E-state index is -0.171. The SMILES string of the molecule is O=C1C2CCC(c3ccccc3)CC2C(=O)N1c1ccc(I)cc1. The second kappa shape index (κ2) is 6.31. The van der Waals surface area contributed by atoms with Crippen LogP contribution in [-0.2, 0) is 9.59 Å². The molecule has 1 heterocycles. The molecule has 0 spiro atoms. The van der Waals surface area contributed by atoms with Crippen molar-refractivity contribution < 1.29 is 9.59 Å². The lowest BCUT2D eigenvalue weighted by Crippen LogP contribution is -2.30. The molecule has 2 aliphatic rings. The number of carbonyl (C=O) groups excluding carboxylic acids is 2. The van der Waals surface area contributed by atoms with E-state index < -0.39 is 0 Å². The molecule has 1 saturated carbocycles. The number of fused-ring (bicyclic) bond motifs is 1. The summed E-state index contributed by atoms with van der Waals surface area (Å²) in [6, 6.07) is 18.0. The molecule has 0 bridgehead atoms. The lowest BCUT2D eigenvalue weighted by atomic mass is 9.73. The molecule has 0 radical (unpaired) electrons. The number of amides is 2. The third-order valence-electron chi connectivity index (χ3n) is 5.28. The fourth-order valence-electron chi connectivity index (χ4n) is 4.05. The highest BCUT2D eigenvalue weighted by Crippen LogP contribution is 2.45. The molecule has 3 atom stereocenters. The zero-order chi connectivity index (χ0) is 16.7. The Bertz CT molecular complexity index is 772. The van der Waals surface area contributed by atoms with Gasteiger partial charge in [-0.1, -0.05) is 30.3 Å². The highest BCUT2D eigenvalue weighted by Gasteiger charge is 2.50. The molecular formula is C20H18INO2. The highest BCUT2D eigenvalue weighted by molar-refractivity contribution is 14.1. The fraction of sp³-hybridized carbons (Fsp3) is 0.300. The molecule has 3 nitrogen and oxygen atoms in total. The molecule has 4 rings (SSSR count). The van der Waals surface area contributed by atoms with Crippen molar-refractivity contribution in [2.24, 2.45) is 11.8 Å². The third-order valence-corrected chi connectivity index (χ3v) is 6.00. The van der Waals surface area contributed by atoms with Gasteiger partial charge < -0.3 is 0 Å². The van der Waals surface area contributed by atoms with Crippen LogP contribution in [0.5, 0.6) is 0 Å². The van der Waals surface area contributed by atoms with Crippen LogP contribution in [0.2, 0.25) is 0 Å². The fourth-order valence-corrected chi connectivity index (χ4v) is 4.41. The van der Waals surface area contributed by atoms with E-state index in [9.17, 15) is 9.59 Å². The second-order valence-electron chi connectivity index (χ2n) is 6.62. The van der Waals surface area contributed by atoms with E-state index in [2.05, 4.69) is 34.7 Å². The summed E-state index contributed by atoms with van der Waals surface area (Å²) in [4.78, 5) is 27.1. The highest BCUT2D eigenvalue weighted by atomic mass is 127. The first-order valence-corrected chi connectivity index (χ1v) is 9.41. The van der Waals surface area contributed by atoms with Crippen molar-refractivity contribution in [2.45, 2.75) is 25.2 Å². The maximum atomic E-state index is 12.9. The first kappa shape index (κ1) is 15.8. The summed E-state index contributed by atoms with van der Waals surface area (Å²) in [5.74, 6) is 0.0258. The second-order valence-corrected chi connectivity index (χ2v) is 7.87. The van der Waals surface area contributed by atoms with E-state index in [1.54, 1.807) is 0 Å². The standard InChI is InChI=1S/C20H18INO2/c21-15-7-9-16(10-8-15)22-19(23)17-11-6-14(12-18(17)20(22)24)13-4-2-1-3-5-13/h1-5,7-10,14,17-18H,6,11-12H2. The molecule has 2 aromatic carbocycles. The Kier molecular flexibility index (Phi) is 4.16. The number of hydrogen-bond acceptors (Lipinski definition) is 2. The lowest BCUT2D eigenvalue weighted by Gasteiger charge is -2.28. The van der Waals surface area contributed by atoms with Crippen molar-refractivity contribution in [2.75, 3.05) is 4.90 Å². The van der Waals surface area contributed by atoms with Gasteiger partial charge in [-0.15, -0.1) is 0 Å². The minimum Gasteiger partial charge on any atom is -0.274 e. The van der Waals surface area contributed by atoms with E-state index in [1.165, 1.54) is 10.5 Å². The molecule has 2 fully saturated rings. The van der Waals surface area contributed by atoms with Gasteiger partial charge in [0.05, 0.1) is 17.5 Å². The first-order chi connectivity index (χ1) is 11.6. The third kappa shape index (κ3) is 2.66. The number of imide groups is 1. The van der Waals surface area contributed by atoms with Gasteiger partial charge in [-0.05, 0) is 77.6 Å². The Morgan fingerprint density at radius 2 is 1.50 bits per heavy atom. The van der Waals surface area contributed by atoms with Gasteiger partial charge in [-0.2, -0.15) is 0 Å². The predicted octanol–water partition coefficient (Wildman–Crippen LogP) is 4.36. The maximum Gasteiger partial charge on any atom is 0.237 e. The van der Waals surface area contributed by atoms with Gasteiger partial charge in [0.15, 0.2) is 0 Å². The van der Waals surface area contributed by atoms with Crippen LogP contribution in [-0.4, -0.2) is 11.8 Å². The molecule has 2 aromatic rings. The van der Waals surface area contributed by atoms with Crippen molar-refractivity contribution in [1.29, 1.82) is 0 Å². The summed E-state index contributed by atoms with van der Waals surface area (Å²) >= 11 is 2.22. The first-order valence-electron chi connectivity index (χ1n) is 8.33. The molecule has 0 aromatic heterocycles. The minimum absolute atomic E-state index is 0.0160. The molecule has 24 heavy (non-hydrogen) atoms. The number of anilines is 1. The topological polar surface area (TPSA) is 37.4 Å². The molecular weight excluding hydrogens is 413 g/mol. The monoisotopic (exact) mass is 431 g/mol. The number of carbonyl (C=O) groups is 2. The Hall–Kier alpha value is -1.69. The molecule has 0 N–H and O–H groups in total. The largest absolute Gasteiger partial charge is 0.274 e. The average molecular weight is 431 g/mol. The lowest BCUT2D eigenvalue weighted by molar-refractivity contribution is -0.122. The van der Waals surface area contributed by atoms with E-state index >= 15 is 0 Å². The Labute approximate surface area is 155 Å². The van der Waals surface area contributed by atoms with E-state index in [0.717, 1.165) is 22.8 Å². The zero-order valence-corrected chi connectivity index (χ0v) is 15.3. The van der Waals surface area contributed by atoms with E-state index in [-0.39, 0.29) is 23.7 Å². The normalized spacial score (nSPS) is 26.5. The van der Waals surface area contributed by atoms with Crippen molar-refractivity contribution >= 4 is 40.1 Å². The Morgan fingerprint density at radius 1 is 0.833 bits per heavy atom. The molecule has 4 heteroatoms. The summed E-state index contributed by atoms with van der Waals surface area (Å²) < 4.78 is 1.09. The summed E-state index contributed by atoms with van der Waals surface area (Å²) in [6.07, 6.45) is 2.56. The van der Waals surface area contributed by atoms with Gasteiger partial charge in [0, 0.05) is 3.57 Å². The number of halogens is 1. The number of nitrogens with zero attached hydrogens (tertiary/aromatic N) is 1. The van der Waals surface area contributed by atoms with Crippen LogP contribution in [0.25, 0.3) is 0 Å². The number of rotatable bonds is 2. The van der Waals surface area contributed by atoms with E-state index in [4.69, 9.17) is 0 Å². The van der Waals surface area contributed by atoms with E-state index in [1.807, 2.05) is 42.5 Å². The van der Waals surface area contributed by atoms with Crippen LogP contribution in [0.15, 0.2) is 54.6 Å². The molecule has 122 valence electrons. The van der Waals surface area contributed by atoms with Gasteiger partial charge in [0.1, 0.15) is 0 Å². The van der Waals surface area contributed by atoms with Crippen LogP contribution in [0.1, 0.15) is 30.7 Å². The van der Waals surface area contributed by atoms with Gasteiger partial charge in [0.2, 0.25) is 11.8 Å². The van der Waals surface area contributed by atoms with E-state index in [0.29, 0.717) is 11.6 Å². The van der Waals surface area contributed by atoms with Gasteiger partial charge in [-0.25, -0.2) is 0 Å². The Morgan fingerprint density at radius 3 is 2.21 bits per heavy atom. The van der Waals surface area contributed by atoms with Gasteiger partial charge in [-0.3, -0.25) is 14.5 Å². The zero-order valence-electron chi connectivity index (χ0n) is 13.2. The van der Waals surface area contributed by atoms with Gasteiger partial charge in [0.25, 0.3) is 0 Å². The van der Waals surface area contributed by atoms with Crippen LogP contribution >= 0.6 is 22.6 Å².